The van der Waals surface area contributed by atoms with Crippen molar-refractivity contribution in [1.82, 2.24) is 0 Å². The third kappa shape index (κ3) is 2.58. The molecule has 0 amide bonds. The maximum absolute atomic E-state index is 11.9. The predicted octanol–water partition coefficient (Wildman–Crippen LogP) is 0.926. The number of hydrogen-bond donors (Lipinski definition) is 1. The Bertz CT molecular complexity index is 476. The summed E-state index contributed by atoms with van der Waals surface area (Å²) in [7, 11) is 4.78. The van der Waals surface area contributed by atoms with Crippen LogP contribution < -0.4 is 19.5 Å². The second kappa shape index (κ2) is 6.13. The molecule has 0 aliphatic carbocycles. The molecule has 0 aromatic heterocycles. The van der Waals surface area contributed by atoms with Crippen LogP contribution in [0.4, 0.5) is 0 Å². The maximum atomic E-state index is 11.9. The normalized spacial score (nSPS) is 22.5. The molecule has 1 fully saturated rings. The monoisotopic (exact) mass is 280 g/mol. The summed E-state index contributed by atoms with van der Waals surface area (Å²) in [4.78, 5) is 11.9. The number of quaternary nitrogens is 1. The highest BCUT2D eigenvalue weighted by Crippen LogP contribution is 2.40. The van der Waals surface area contributed by atoms with Crippen LogP contribution in [0.3, 0.4) is 0 Å². The molecule has 110 valence electrons. The molecular weight excluding hydrogens is 258 g/mol. The number of nitrogens with two attached hydrogens (primary N) is 1. The lowest BCUT2D eigenvalue weighted by atomic mass is 9.86. The van der Waals surface area contributed by atoms with Crippen molar-refractivity contribution in [3.05, 3.63) is 17.7 Å². The molecule has 2 rings (SSSR count). The minimum absolute atomic E-state index is 0.00782. The Morgan fingerprint density at radius 3 is 2.20 bits per heavy atom. The molecule has 5 nitrogen and oxygen atoms in total. The highest BCUT2D eigenvalue weighted by atomic mass is 16.5. The molecule has 1 aromatic carbocycles. The average Bonchev–Trinajstić information content (AvgIpc) is 2.48. The smallest absolute Gasteiger partial charge is 0.203 e. The fourth-order valence-electron chi connectivity index (χ4n) is 2.76. The minimum atomic E-state index is -0.00782. The van der Waals surface area contributed by atoms with Crippen LogP contribution in [0, 0.1) is 5.92 Å². The number of carbonyl (C=O) groups is 1. The maximum Gasteiger partial charge on any atom is 0.203 e. The molecule has 0 spiro atoms. The number of ether oxygens (including phenoxy) is 3. The molecule has 0 saturated carbocycles. The number of carbonyl (C=O) groups excluding carboxylic acids is 1. The van der Waals surface area contributed by atoms with E-state index in [0.717, 1.165) is 12.1 Å². The van der Waals surface area contributed by atoms with Gasteiger partial charge in [-0.05, 0) is 19.1 Å². The minimum Gasteiger partial charge on any atom is -0.493 e. The number of hydrogen-bond acceptors (Lipinski definition) is 4. The molecule has 1 aliphatic heterocycles. The van der Waals surface area contributed by atoms with Crippen LogP contribution in [-0.2, 0) is 4.79 Å². The van der Waals surface area contributed by atoms with Crippen LogP contribution in [0.2, 0.25) is 0 Å². The molecule has 0 unspecified atom stereocenters. The lowest BCUT2D eigenvalue weighted by Gasteiger charge is -2.27. The Hall–Kier alpha value is -1.75. The van der Waals surface area contributed by atoms with Crippen LogP contribution in [0.1, 0.15) is 24.9 Å². The molecule has 20 heavy (non-hydrogen) atoms. The van der Waals surface area contributed by atoms with E-state index in [9.17, 15) is 4.79 Å². The van der Waals surface area contributed by atoms with Crippen molar-refractivity contribution >= 4 is 5.78 Å². The third-order valence-corrected chi connectivity index (χ3v) is 3.93. The first-order chi connectivity index (χ1) is 9.62. The van der Waals surface area contributed by atoms with Gasteiger partial charge in [0, 0.05) is 5.56 Å². The van der Waals surface area contributed by atoms with Gasteiger partial charge in [0.05, 0.1) is 40.2 Å². The Balaban J connectivity index is 2.43. The van der Waals surface area contributed by atoms with Crippen LogP contribution in [-0.4, -0.2) is 33.7 Å². The van der Waals surface area contributed by atoms with Crippen molar-refractivity contribution in [2.75, 3.05) is 27.9 Å². The summed E-state index contributed by atoms with van der Waals surface area (Å²) in [6, 6.07) is 3.96. The summed E-state index contributed by atoms with van der Waals surface area (Å²) >= 11 is 0. The number of ketones is 1. The summed E-state index contributed by atoms with van der Waals surface area (Å²) in [6.45, 7) is 2.80. The van der Waals surface area contributed by atoms with Gasteiger partial charge in [0.15, 0.2) is 11.5 Å². The standard InChI is InChI=1S/C15H21NO4/c1-9-11(17)5-6-16-14(9)10-7-12(18-2)15(20-4)13(8-10)19-3/h7-9,14,16H,5-6H2,1-4H3/p+1/t9-,14-/m0/s1. The van der Waals surface area contributed by atoms with E-state index in [1.165, 1.54) is 0 Å². The fraction of sp³-hybridized carbons (Fsp3) is 0.533. The number of methoxy groups -OCH3 is 3. The highest BCUT2D eigenvalue weighted by Gasteiger charge is 2.33. The molecule has 2 atom stereocenters. The molecule has 2 N–H and O–H groups in total. The first-order valence-electron chi connectivity index (χ1n) is 6.78. The lowest BCUT2D eigenvalue weighted by Crippen LogP contribution is -2.89. The van der Waals surface area contributed by atoms with Gasteiger partial charge in [-0.3, -0.25) is 4.79 Å². The highest BCUT2D eigenvalue weighted by molar-refractivity contribution is 5.82. The molecule has 0 bridgehead atoms. The van der Waals surface area contributed by atoms with Crippen LogP contribution in [0.15, 0.2) is 12.1 Å². The predicted molar refractivity (Wildman–Crippen MR) is 74.4 cm³/mol. The summed E-state index contributed by atoms with van der Waals surface area (Å²) < 4.78 is 16.1. The van der Waals surface area contributed by atoms with Crippen LogP contribution >= 0.6 is 0 Å². The van der Waals surface area contributed by atoms with Crippen molar-refractivity contribution in [3.63, 3.8) is 0 Å². The molecule has 5 heteroatoms. The van der Waals surface area contributed by atoms with E-state index >= 15 is 0 Å². The molecule has 1 aliphatic rings. The zero-order valence-electron chi connectivity index (χ0n) is 12.4. The zero-order chi connectivity index (χ0) is 14.7. The van der Waals surface area contributed by atoms with Gasteiger partial charge in [-0.1, -0.05) is 0 Å². The van der Waals surface area contributed by atoms with E-state index < -0.39 is 0 Å². The van der Waals surface area contributed by atoms with Gasteiger partial charge in [0.1, 0.15) is 11.8 Å². The largest absolute Gasteiger partial charge is 0.493 e. The first-order valence-corrected chi connectivity index (χ1v) is 6.78. The first kappa shape index (κ1) is 14.7. The zero-order valence-corrected chi connectivity index (χ0v) is 12.4. The second-order valence-corrected chi connectivity index (χ2v) is 5.01. The Morgan fingerprint density at radius 2 is 1.70 bits per heavy atom. The van der Waals surface area contributed by atoms with E-state index in [0.29, 0.717) is 29.5 Å². The van der Waals surface area contributed by atoms with Crippen molar-refractivity contribution in [2.45, 2.75) is 19.4 Å². The molecule has 0 radical (unpaired) electrons. The van der Waals surface area contributed by atoms with E-state index in [1.807, 2.05) is 19.1 Å². The van der Waals surface area contributed by atoms with Gasteiger partial charge in [-0.2, -0.15) is 0 Å². The summed E-state index contributed by atoms with van der Waals surface area (Å²) in [5.74, 6) is 2.13. The van der Waals surface area contributed by atoms with Crippen LogP contribution in [0.5, 0.6) is 17.2 Å². The van der Waals surface area contributed by atoms with Gasteiger partial charge in [-0.25, -0.2) is 0 Å². The topological polar surface area (TPSA) is 61.4 Å². The number of rotatable bonds is 4. The van der Waals surface area contributed by atoms with E-state index in [1.54, 1.807) is 21.3 Å². The number of Topliss-reactive ketones (excluding diaryl/α,β-unsaturated/α-hetero) is 1. The third-order valence-electron chi connectivity index (χ3n) is 3.93. The van der Waals surface area contributed by atoms with E-state index in [4.69, 9.17) is 14.2 Å². The van der Waals surface area contributed by atoms with E-state index in [2.05, 4.69) is 5.32 Å². The number of benzene rings is 1. The second-order valence-electron chi connectivity index (χ2n) is 5.01. The van der Waals surface area contributed by atoms with Crippen molar-refractivity contribution < 1.29 is 24.3 Å². The molecule has 1 saturated heterocycles. The van der Waals surface area contributed by atoms with E-state index in [-0.39, 0.29) is 12.0 Å². The van der Waals surface area contributed by atoms with Crippen molar-refractivity contribution in [2.24, 2.45) is 5.92 Å². The van der Waals surface area contributed by atoms with Gasteiger partial charge >= 0.3 is 0 Å². The molecule has 1 aromatic rings. The van der Waals surface area contributed by atoms with Gasteiger partial charge < -0.3 is 19.5 Å². The fourth-order valence-corrected chi connectivity index (χ4v) is 2.76. The summed E-state index contributed by atoms with van der Waals surface area (Å²) in [5.41, 5.74) is 1.03. The Kier molecular flexibility index (Phi) is 4.49. The van der Waals surface area contributed by atoms with Crippen molar-refractivity contribution in [3.8, 4) is 17.2 Å². The quantitative estimate of drug-likeness (QED) is 0.891. The van der Waals surface area contributed by atoms with Crippen LogP contribution in [0.25, 0.3) is 0 Å². The average molecular weight is 280 g/mol. The van der Waals surface area contributed by atoms with Gasteiger partial charge in [-0.15, -0.1) is 0 Å². The number of piperidine rings is 1. The summed E-state index contributed by atoms with van der Waals surface area (Å²) in [5, 5.41) is 2.20. The lowest BCUT2D eigenvalue weighted by molar-refractivity contribution is -0.704. The Morgan fingerprint density at radius 1 is 1.10 bits per heavy atom. The SMILES string of the molecule is COc1cc([C@H]2[NH2+]CCC(=O)[C@@H]2C)cc(OC)c1OC. The van der Waals surface area contributed by atoms with Gasteiger partial charge in [0.25, 0.3) is 0 Å². The van der Waals surface area contributed by atoms with Crippen molar-refractivity contribution in [1.29, 1.82) is 0 Å². The van der Waals surface area contributed by atoms with Gasteiger partial charge in [0.2, 0.25) is 5.75 Å². The molecule has 1 heterocycles. The summed E-state index contributed by atoms with van der Waals surface area (Å²) in [6.07, 6.45) is 0.641. The molecular formula is C15H22NO4+. The Labute approximate surface area is 119 Å².